The molecule has 1 aromatic carbocycles. The van der Waals surface area contributed by atoms with Crippen molar-refractivity contribution in [2.75, 3.05) is 18.1 Å². The first-order valence-corrected chi connectivity index (χ1v) is 10.2. The van der Waals surface area contributed by atoms with Crippen LogP contribution >= 0.6 is 23.5 Å². The lowest BCUT2D eigenvalue weighted by atomic mass is 9.90. The standard InChI is InChI=1S/C18H22N2O3S2/c1-12(2)18(3,11-19)20-15(21)10-23-16(22)13-4-6-14(7-5-13)17-24-8-9-25-17/h4-7,12,17H,8-10H2,1-3H3,(H,20,21)/t18-/m0/s1. The maximum Gasteiger partial charge on any atom is 0.338 e. The Bertz CT molecular complexity index is 664. The van der Waals surface area contributed by atoms with E-state index in [1.165, 1.54) is 5.56 Å². The van der Waals surface area contributed by atoms with Gasteiger partial charge >= 0.3 is 5.97 Å². The molecule has 0 aliphatic carbocycles. The van der Waals surface area contributed by atoms with Crippen LogP contribution in [0.2, 0.25) is 0 Å². The van der Waals surface area contributed by atoms with Crippen LogP contribution in [0.3, 0.4) is 0 Å². The molecule has 1 heterocycles. The predicted octanol–water partition coefficient (Wildman–Crippen LogP) is 3.38. The number of hydrogen-bond acceptors (Lipinski definition) is 6. The highest BCUT2D eigenvalue weighted by molar-refractivity contribution is 8.19. The van der Waals surface area contributed by atoms with E-state index in [1.54, 1.807) is 19.1 Å². The number of nitriles is 1. The van der Waals surface area contributed by atoms with Gasteiger partial charge in [0.2, 0.25) is 0 Å². The lowest BCUT2D eigenvalue weighted by Crippen LogP contribution is -2.50. The first-order chi connectivity index (χ1) is 11.9. The van der Waals surface area contributed by atoms with Gasteiger partial charge in [0.15, 0.2) is 6.61 Å². The Morgan fingerprint density at radius 3 is 2.44 bits per heavy atom. The summed E-state index contributed by atoms with van der Waals surface area (Å²) in [4.78, 5) is 24.0. The largest absolute Gasteiger partial charge is 0.452 e. The molecule has 2 rings (SSSR count). The van der Waals surface area contributed by atoms with E-state index in [1.807, 2.05) is 49.5 Å². The Morgan fingerprint density at radius 1 is 1.32 bits per heavy atom. The minimum absolute atomic E-state index is 0.0592. The van der Waals surface area contributed by atoms with Crippen LogP contribution in [0.1, 0.15) is 41.3 Å². The van der Waals surface area contributed by atoms with Crippen LogP contribution in [0, 0.1) is 17.2 Å². The van der Waals surface area contributed by atoms with E-state index >= 15 is 0 Å². The number of hydrogen-bond donors (Lipinski definition) is 1. The highest BCUT2D eigenvalue weighted by atomic mass is 32.2. The van der Waals surface area contributed by atoms with Crippen LogP contribution in [-0.4, -0.2) is 35.5 Å². The summed E-state index contributed by atoms with van der Waals surface area (Å²) in [5, 5.41) is 11.8. The number of carbonyl (C=O) groups is 2. The third-order valence-electron chi connectivity index (χ3n) is 4.16. The SMILES string of the molecule is CC(C)[C@](C)(C#N)NC(=O)COC(=O)c1ccc(C2SCCS2)cc1. The van der Waals surface area contributed by atoms with Crippen molar-refractivity contribution in [1.29, 1.82) is 5.26 Å². The maximum atomic E-state index is 12.1. The minimum Gasteiger partial charge on any atom is -0.452 e. The van der Waals surface area contributed by atoms with E-state index in [9.17, 15) is 14.9 Å². The van der Waals surface area contributed by atoms with Crippen molar-refractivity contribution in [3.8, 4) is 6.07 Å². The van der Waals surface area contributed by atoms with Crippen LogP contribution in [0.15, 0.2) is 24.3 Å². The number of rotatable bonds is 6. The Labute approximate surface area is 156 Å². The molecule has 5 nitrogen and oxygen atoms in total. The summed E-state index contributed by atoms with van der Waals surface area (Å²) in [5.74, 6) is 1.20. The molecule has 1 aromatic rings. The van der Waals surface area contributed by atoms with Crippen molar-refractivity contribution in [1.82, 2.24) is 5.32 Å². The molecule has 1 aliphatic heterocycles. The van der Waals surface area contributed by atoms with E-state index in [4.69, 9.17) is 4.74 Å². The molecule has 1 saturated heterocycles. The zero-order valence-corrected chi connectivity index (χ0v) is 16.2. The average molecular weight is 379 g/mol. The van der Waals surface area contributed by atoms with Gasteiger partial charge in [-0.25, -0.2) is 4.79 Å². The second-order valence-electron chi connectivity index (χ2n) is 6.29. The molecule has 1 aliphatic rings. The molecule has 0 aromatic heterocycles. The average Bonchev–Trinajstić information content (AvgIpc) is 3.14. The number of esters is 1. The molecule has 0 radical (unpaired) electrons. The van der Waals surface area contributed by atoms with Gasteiger partial charge in [-0.05, 0) is 30.5 Å². The molecular weight excluding hydrogens is 356 g/mol. The molecule has 0 saturated carbocycles. The summed E-state index contributed by atoms with van der Waals surface area (Å²) in [6, 6.07) is 9.39. The number of amides is 1. The Morgan fingerprint density at radius 2 is 1.92 bits per heavy atom. The van der Waals surface area contributed by atoms with E-state index in [0.29, 0.717) is 10.1 Å². The van der Waals surface area contributed by atoms with Crippen LogP contribution in [0.5, 0.6) is 0 Å². The van der Waals surface area contributed by atoms with E-state index < -0.39 is 24.0 Å². The normalized spacial score (nSPS) is 16.9. The summed E-state index contributed by atoms with van der Waals surface area (Å²) in [5.41, 5.74) is 0.613. The zero-order valence-electron chi connectivity index (χ0n) is 14.6. The molecule has 0 spiro atoms. The lowest BCUT2D eigenvalue weighted by molar-refractivity contribution is -0.125. The van der Waals surface area contributed by atoms with Gasteiger partial charge < -0.3 is 10.1 Å². The number of nitrogens with one attached hydrogen (secondary N) is 1. The van der Waals surface area contributed by atoms with Crippen molar-refractivity contribution < 1.29 is 14.3 Å². The van der Waals surface area contributed by atoms with Crippen LogP contribution in [-0.2, 0) is 9.53 Å². The number of thioether (sulfide) groups is 2. The second-order valence-corrected chi connectivity index (χ2v) is 9.01. The van der Waals surface area contributed by atoms with E-state index in [-0.39, 0.29) is 5.92 Å². The Kier molecular flexibility index (Phi) is 6.79. The fourth-order valence-electron chi connectivity index (χ4n) is 2.17. The highest BCUT2D eigenvalue weighted by Crippen LogP contribution is 2.45. The predicted molar refractivity (Wildman–Crippen MR) is 101 cm³/mol. The van der Waals surface area contributed by atoms with Crippen LogP contribution in [0.4, 0.5) is 0 Å². The number of ether oxygens (including phenoxy) is 1. The first-order valence-electron chi connectivity index (χ1n) is 8.08. The Balaban J connectivity index is 1.87. The summed E-state index contributed by atoms with van der Waals surface area (Å²) in [6.07, 6.45) is 0. The molecule has 1 atom stereocenters. The van der Waals surface area contributed by atoms with Crippen LogP contribution in [0.25, 0.3) is 0 Å². The van der Waals surface area contributed by atoms with Gasteiger partial charge in [-0.3, -0.25) is 4.79 Å². The van der Waals surface area contributed by atoms with Crippen molar-refractivity contribution in [2.45, 2.75) is 30.9 Å². The van der Waals surface area contributed by atoms with E-state index in [2.05, 4.69) is 11.4 Å². The maximum absolute atomic E-state index is 12.1. The fraction of sp³-hybridized carbons (Fsp3) is 0.500. The summed E-state index contributed by atoms with van der Waals surface area (Å²) >= 11 is 3.80. The lowest BCUT2D eigenvalue weighted by Gasteiger charge is -2.27. The van der Waals surface area contributed by atoms with Gasteiger partial charge in [-0.15, -0.1) is 23.5 Å². The fourth-order valence-corrected chi connectivity index (χ4v) is 5.03. The second kappa shape index (κ2) is 8.63. The summed E-state index contributed by atoms with van der Waals surface area (Å²) in [6.45, 7) is 4.93. The van der Waals surface area contributed by atoms with Crippen LogP contribution < -0.4 is 5.32 Å². The minimum atomic E-state index is -0.984. The smallest absolute Gasteiger partial charge is 0.338 e. The molecule has 0 unspecified atom stereocenters. The number of nitrogens with zero attached hydrogens (tertiary/aromatic N) is 1. The molecule has 1 fully saturated rings. The van der Waals surface area contributed by atoms with Crippen molar-refractivity contribution in [3.63, 3.8) is 0 Å². The number of carbonyl (C=O) groups excluding carboxylic acids is 2. The molecule has 134 valence electrons. The van der Waals surface area contributed by atoms with Gasteiger partial charge in [0.05, 0.1) is 16.2 Å². The van der Waals surface area contributed by atoms with Gasteiger partial charge in [-0.2, -0.15) is 5.26 Å². The van der Waals surface area contributed by atoms with Gasteiger partial charge in [0, 0.05) is 11.5 Å². The number of benzene rings is 1. The molecular formula is C18H22N2O3S2. The topological polar surface area (TPSA) is 79.2 Å². The Hall–Kier alpha value is -1.65. The first kappa shape index (κ1) is 19.7. The quantitative estimate of drug-likeness (QED) is 0.765. The van der Waals surface area contributed by atoms with E-state index in [0.717, 1.165) is 11.5 Å². The zero-order chi connectivity index (χ0) is 18.4. The third-order valence-corrected chi connectivity index (χ3v) is 7.27. The summed E-state index contributed by atoms with van der Waals surface area (Å²) in [7, 11) is 0. The molecule has 1 amide bonds. The van der Waals surface area contributed by atoms with Gasteiger partial charge in [-0.1, -0.05) is 26.0 Å². The highest BCUT2D eigenvalue weighted by Gasteiger charge is 2.30. The molecule has 7 heteroatoms. The van der Waals surface area contributed by atoms with Gasteiger partial charge in [0.25, 0.3) is 5.91 Å². The summed E-state index contributed by atoms with van der Waals surface area (Å²) < 4.78 is 5.48. The van der Waals surface area contributed by atoms with Crippen molar-refractivity contribution in [3.05, 3.63) is 35.4 Å². The van der Waals surface area contributed by atoms with Crippen molar-refractivity contribution >= 4 is 35.4 Å². The van der Waals surface area contributed by atoms with Crippen molar-refractivity contribution in [2.24, 2.45) is 5.92 Å². The van der Waals surface area contributed by atoms with Gasteiger partial charge in [0.1, 0.15) is 5.54 Å². The molecule has 25 heavy (non-hydrogen) atoms. The monoisotopic (exact) mass is 378 g/mol. The molecule has 0 bridgehead atoms. The third kappa shape index (κ3) is 5.16. The molecule has 1 N–H and O–H groups in total.